The van der Waals surface area contributed by atoms with E-state index in [-0.39, 0.29) is 5.54 Å². The fourth-order valence-electron chi connectivity index (χ4n) is 3.23. The minimum Gasteiger partial charge on any atom is -0.399 e. The average molecular weight is 336 g/mol. The van der Waals surface area contributed by atoms with Gasteiger partial charge in [-0.15, -0.1) is 0 Å². The van der Waals surface area contributed by atoms with Crippen LogP contribution in [0.25, 0.3) is 16.9 Å². The fourth-order valence-corrected chi connectivity index (χ4v) is 3.23. The van der Waals surface area contributed by atoms with Gasteiger partial charge in [-0.1, -0.05) is 25.1 Å². The number of aryl methyl sites for hydroxylation is 1. The summed E-state index contributed by atoms with van der Waals surface area (Å²) in [6, 6.07) is 12.2. The zero-order valence-corrected chi connectivity index (χ0v) is 15.9. The second kappa shape index (κ2) is 6.52. The number of hydrogen-bond acceptors (Lipinski definition) is 3. The molecular formula is C21H28N4. The van der Waals surface area contributed by atoms with Crippen molar-refractivity contribution in [2.45, 2.75) is 46.7 Å². The molecule has 2 aromatic heterocycles. The number of imidazole rings is 1. The molecule has 2 heterocycles. The summed E-state index contributed by atoms with van der Waals surface area (Å²) in [6.07, 6.45) is 2.18. The quantitative estimate of drug-likeness (QED) is 0.713. The second-order valence-electron chi connectivity index (χ2n) is 7.65. The van der Waals surface area contributed by atoms with Gasteiger partial charge in [0.2, 0.25) is 0 Å². The molecule has 0 spiro atoms. The van der Waals surface area contributed by atoms with Crippen molar-refractivity contribution < 1.29 is 0 Å². The number of aromatic nitrogens is 2. The number of benzene rings is 1. The van der Waals surface area contributed by atoms with Crippen LogP contribution in [-0.2, 0) is 6.54 Å². The first-order valence-electron chi connectivity index (χ1n) is 8.88. The van der Waals surface area contributed by atoms with Gasteiger partial charge in [-0.2, -0.15) is 0 Å². The molecule has 1 aromatic carbocycles. The maximum atomic E-state index is 5.86. The van der Waals surface area contributed by atoms with Crippen molar-refractivity contribution in [1.82, 2.24) is 14.3 Å². The van der Waals surface area contributed by atoms with Crippen molar-refractivity contribution in [3.63, 3.8) is 0 Å². The third-order valence-electron chi connectivity index (χ3n) is 4.72. The molecule has 0 fully saturated rings. The first-order valence-corrected chi connectivity index (χ1v) is 8.88. The first-order chi connectivity index (χ1) is 11.8. The molecule has 4 nitrogen and oxygen atoms in total. The van der Waals surface area contributed by atoms with Crippen molar-refractivity contribution in [2.75, 3.05) is 12.3 Å². The third kappa shape index (κ3) is 3.54. The molecule has 0 unspecified atom stereocenters. The minimum atomic E-state index is 0.0983. The Morgan fingerprint density at radius 2 is 1.76 bits per heavy atom. The molecule has 0 saturated carbocycles. The van der Waals surface area contributed by atoms with E-state index in [0.29, 0.717) is 0 Å². The Morgan fingerprint density at radius 3 is 2.36 bits per heavy atom. The van der Waals surface area contributed by atoms with Crippen molar-refractivity contribution in [3.8, 4) is 11.3 Å². The lowest BCUT2D eigenvalue weighted by molar-refractivity contribution is 0.134. The van der Waals surface area contributed by atoms with E-state index in [1.165, 1.54) is 11.3 Å². The van der Waals surface area contributed by atoms with Crippen LogP contribution in [0.2, 0.25) is 0 Å². The number of hydrogen-bond donors (Lipinski definition) is 1. The molecule has 0 amide bonds. The number of anilines is 1. The van der Waals surface area contributed by atoms with Crippen LogP contribution >= 0.6 is 0 Å². The molecule has 25 heavy (non-hydrogen) atoms. The van der Waals surface area contributed by atoms with Crippen molar-refractivity contribution >= 4 is 11.3 Å². The summed E-state index contributed by atoms with van der Waals surface area (Å²) in [6.45, 7) is 12.9. The molecule has 0 radical (unpaired) electrons. The highest BCUT2D eigenvalue weighted by molar-refractivity contribution is 5.68. The molecule has 0 aliphatic rings. The normalized spacial score (nSPS) is 12.2. The van der Waals surface area contributed by atoms with E-state index in [1.54, 1.807) is 0 Å². The van der Waals surface area contributed by atoms with Crippen molar-refractivity contribution in [3.05, 3.63) is 53.9 Å². The van der Waals surface area contributed by atoms with E-state index in [0.717, 1.165) is 35.7 Å². The summed E-state index contributed by atoms with van der Waals surface area (Å²) in [5.74, 6) is 0. The van der Waals surface area contributed by atoms with Gasteiger partial charge in [0.05, 0.1) is 11.4 Å². The van der Waals surface area contributed by atoms with E-state index in [1.807, 2.05) is 12.1 Å². The van der Waals surface area contributed by atoms with Gasteiger partial charge in [0, 0.05) is 29.5 Å². The Balaban J connectivity index is 2.17. The molecule has 132 valence electrons. The number of pyridine rings is 1. The van der Waals surface area contributed by atoms with E-state index >= 15 is 0 Å². The highest BCUT2D eigenvalue weighted by atomic mass is 15.2. The van der Waals surface area contributed by atoms with Crippen molar-refractivity contribution in [1.29, 1.82) is 0 Å². The summed E-state index contributed by atoms with van der Waals surface area (Å²) in [5.41, 5.74) is 12.3. The van der Waals surface area contributed by atoms with E-state index < -0.39 is 0 Å². The number of fused-ring (bicyclic) bond motifs is 1. The number of rotatable bonds is 4. The molecule has 3 rings (SSSR count). The zero-order chi connectivity index (χ0) is 18.2. The molecule has 0 atom stereocenters. The topological polar surface area (TPSA) is 46.6 Å². The van der Waals surface area contributed by atoms with Gasteiger partial charge in [0.25, 0.3) is 0 Å². The van der Waals surface area contributed by atoms with Crippen LogP contribution in [0, 0.1) is 6.92 Å². The van der Waals surface area contributed by atoms with Gasteiger partial charge in [-0.25, -0.2) is 4.98 Å². The van der Waals surface area contributed by atoms with Gasteiger partial charge < -0.3 is 10.1 Å². The molecular weight excluding hydrogens is 308 g/mol. The highest BCUT2D eigenvalue weighted by Crippen LogP contribution is 2.28. The fraction of sp³-hybridized carbons (Fsp3) is 0.381. The third-order valence-corrected chi connectivity index (χ3v) is 4.72. The van der Waals surface area contributed by atoms with Crippen LogP contribution in [0.4, 0.5) is 5.69 Å². The highest BCUT2D eigenvalue weighted by Gasteiger charge is 2.23. The largest absolute Gasteiger partial charge is 0.399 e. The lowest BCUT2D eigenvalue weighted by Gasteiger charge is -2.34. The van der Waals surface area contributed by atoms with Gasteiger partial charge >= 0.3 is 0 Å². The Bertz CT molecular complexity index is 869. The van der Waals surface area contributed by atoms with Crippen LogP contribution in [-0.4, -0.2) is 26.4 Å². The van der Waals surface area contributed by atoms with Gasteiger partial charge in [0.1, 0.15) is 5.65 Å². The molecule has 4 heteroatoms. The maximum Gasteiger partial charge on any atom is 0.137 e. The van der Waals surface area contributed by atoms with Crippen LogP contribution < -0.4 is 5.73 Å². The lowest BCUT2D eigenvalue weighted by atomic mass is 10.0. The Morgan fingerprint density at radius 1 is 1.08 bits per heavy atom. The molecule has 0 aliphatic heterocycles. The number of nitrogen functional groups attached to an aromatic ring is 1. The standard InChI is InChI=1S/C21H28N4/c1-6-24(21(3,4)5)14-18-20(16-8-10-17(22)11-9-16)23-19-12-7-15(2)13-25(18)19/h7-13H,6,14,22H2,1-5H3. The molecule has 3 aromatic rings. The maximum absolute atomic E-state index is 5.86. The monoisotopic (exact) mass is 336 g/mol. The predicted molar refractivity (Wildman–Crippen MR) is 106 cm³/mol. The Hall–Kier alpha value is -2.33. The number of nitrogens with zero attached hydrogens (tertiary/aromatic N) is 3. The lowest BCUT2D eigenvalue weighted by Crippen LogP contribution is -2.40. The van der Waals surface area contributed by atoms with Crippen LogP contribution in [0.15, 0.2) is 42.6 Å². The zero-order valence-electron chi connectivity index (χ0n) is 15.9. The van der Waals surface area contributed by atoms with E-state index in [4.69, 9.17) is 10.7 Å². The van der Waals surface area contributed by atoms with E-state index in [9.17, 15) is 0 Å². The summed E-state index contributed by atoms with van der Waals surface area (Å²) in [4.78, 5) is 7.39. The predicted octanol–water partition coefficient (Wildman–Crippen LogP) is 4.51. The summed E-state index contributed by atoms with van der Waals surface area (Å²) in [7, 11) is 0. The van der Waals surface area contributed by atoms with Gasteiger partial charge in [-0.05, 0) is 58.0 Å². The van der Waals surface area contributed by atoms with Crippen molar-refractivity contribution in [2.24, 2.45) is 0 Å². The average Bonchev–Trinajstić information content (AvgIpc) is 2.90. The molecule has 0 bridgehead atoms. The second-order valence-corrected chi connectivity index (χ2v) is 7.65. The van der Waals surface area contributed by atoms with E-state index in [2.05, 4.69) is 74.4 Å². The Kier molecular flexibility index (Phi) is 4.56. The summed E-state index contributed by atoms with van der Waals surface area (Å²) in [5, 5.41) is 0. The van der Waals surface area contributed by atoms with Crippen LogP contribution in [0.5, 0.6) is 0 Å². The summed E-state index contributed by atoms with van der Waals surface area (Å²) >= 11 is 0. The Labute approximate surface area is 150 Å². The van der Waals surface area contributed by atoms with Gasteiger partial charge in [0.15, 0.2) is 0 Å². The molecule has 0 aliphatic carbocycles. The molecule has 2 N–H and O–H groups in total. The smallest absolute Gasteiger partial charge is 0.137 e. The minimum absolute atomic E-state index is 0.0983. The SMILES string of the molecule is CCN(Cc1c(-c2ccc(N)cc2)nc2ccc(C)cn12)C(C)(C)C. The molecule has 0 saturated heterocycles. The van der Waals surface area contributed by atoms with Gasteiger partial charge in [-0.3, -0.25) is 4.90 Å². The summed E-state index contributed by atoms with van der Waals surface area (Å²) < 4.78 is 2.23. The van der Waals surface area contributed by atoms with Crippen LogP contribution in [0.3, 0.4) is 0 Å². The first kappa shape index (κ1) is 17.5. The van der Waals surface area contributed by atoms with Crippen LogP contribution in [0.1, 0.15) is 39.0 Å². The number of nitrogens with two attached hydrogens (primary N) is 1.